The predicted molar refractivity (Wildman–Crippen MR) is 167 cm³/mol. The lowest BCUT2D eigenvalue weighted by Gasteiger charge is -2.62. The van der Waals surface area contributed by atoms with Crippen LogP contribution in [0.1, 0.15) is 78.6 Å². The van der Waals surface area contributed by atoms with Crippen LogP contribution in [0.5, 0.6) is 0 Å². The van der Waals surface area contributed by atoms with Crippen molar-refractivity contribution in [3.63, 3.8) is 0 Å². The van der Waals surface area contributed by atoms with Gasteiger partial charge in [-0.15, -0.1) is 0 Å². The minimum Gasteiger partial charge on any atom is -0.457 e. The molecule has 0 bridgehead atoms. The number of nitrogens with one attached hydrogen (secondary N) is 1. The second-order valence-electron chi connectivity index (χ2n) is 14.2. The van der Waals surface area contributed by atoms with Crippen LogP contribution in [0, 0.1) is 28.6 Å². The Morgan fingerprint density at radius 3 is 2.27 bits per heavy atom. The Morgan fingerprint density at radius 2 is 1.63 bits per heavy atom. The lowest BCUT2D eigenvalue weighted by atomic mass is 9.44. The van der Waals surface area contributed by atoms with E-state index in [0.29, 0.717) is 12.0 Å². The summed E-state index contributed by atoms with van der Waals surface area (Å²) >= 11 is 0. The Morgan fingerprint density at radius 1 is 0.980 bits per heavy atom. The molecule has 0 aromatic rings. The van der Waals surface area contributed by atoms with Crippen molar-refractivity contribution in [2.24, 2.45) is 28.6 Å². The maximum atomic E-state index is 17.7. The van der Waals surface area contributed by atoms with Gasteiger partial charge >= 0.3 is 11.9 Å². The molecule has 0 heterocycles. The van der Waals surface area contributed by atoms with Gasteiger partial charge in [0.25, 0.3) is 0 Å². The zero-order chi connectivity index (χ0) is 37.8. The first-order valence-electron chi connectivity index (χ1n) is 17.0. The molecular weight excluding hydrogens is 681 g/mol. The van der Waals surface area contributed by atoms with Crippen LogP contribution < -0.4 is 5.32 Å². The standard InChI is InChI=1S/C33H48FN3O14/c1-20-16-24-23-9-8-21-17-22(38)10-12-30(21,2)32(23,34)25(39)18-31(24,3)33(20,51-29(43)7-5-15-50-37(46)47)26(40)19-48-28(42)11-13-35-27(41)6-4-14-49-36(44)45/h10,12,17,20,23-25,39,44-47H,4-9,11,13-16,18-19H2,1-3H3,(H,35,41)/t20-,23?,24?,25+,30+,31+,32+,33+/m1/s1. The highest BCUT2D eigenvalue weighted by Gasteiger charge is 2.77. The van der Waals surface area contributed by atoms with Crippen molar-refractivity contribution < 1.29 is 73.4 Å². The molecule has 0 saturated heterocycles. The molecule has 4 rings (SSSR count). The number of allylic oxidation sites excluding steroid dienone is 4. The molecule has 0 spiro atoms. The number of fused-ring (bicyclic) bond motifs is 5. The van der Waals surface area contributed by atoms with E-state index < -0.39 is 87.0 Å². The average Bonchev–Trinajstić information content (AvgIpc) is 3.27. The third-order valence-electron chi connectivity index (χ3n) is 11.4. The molecule has 286 valence electrons. The summed E-state index contributed by atoms with van der Waals surface area (Å²) < 4.78 is 29.1. The van der Waals surface area contributed by atoms with Crippen molar-refractivity contribution in [2.75, 3.05) is 26.4 Å². The number of carbonyl (C=O) groups is 5. The fourth-order valence-electron chi connectivity index (χ4n) is 9.09. The summed E-state index contributed by atoms with van der Waals surface area (Å²) in [6, 6.07) is 0. The Bertz CT molecular complexity index is 1410. The maximum absolute atomic E-state index is 17.7. The van der Waals surface area contributed by atoms with Gasteiger partial charge in [-0.05, 0) is 63.5 Å². The highest BCUT2D eigenvalue weighted by Crippen LogP contribution is 2.71. The molecule has 0 aromatic heterocycles. The quantitative estimate of drug-likeness (QED) is 0.0713. The van der Waals surface area contributed by atoms with E-state index in [1.807, 2.05) is 0 Å². The lowest BCUT2D eigenvalue weighted by Crippen LogP contribution is -2.70. The summed E-state index contributed by atoms with van der Waals surface area (Å²) in [5, 5.41) is 47.9. The Balaban J connectivity index is 1.53. The molecule has 0 aliphatic heterocycles. The predicted octanol–water partition coefficient (Wildman–Crippen LogP) is 2.09. The molecule has 0 radical (unpaired) electrons. The van der Waals surface area contributed by atoms with Crippen LogP contribution in [-0.4, -0.2) is 110 Å². The molecular formula is C33H48FN3O14. The molecule has 18 heteroatoms. The van der Waals surface area contributed by atoms with E-state index in [1.54, 1.807) is 20.8 Å². The number of esters is 2. The van der Waals surface area contributed by atoms with Gasteiger partial charge in [0, 0.05) is 42.1 Å². The van der Waals surface area contributed by atoms with E-state index in [2.05, 4.69) is 15.0 Å². The van der Waals surface area contributed by atoms with Crippen molar-refractivity contribution in [1.29, 1.82) is 0 Å². The van der Waals surface area contributed by atoms with E-state index in [1.165, 1.54) is 18.2 Å². The minimum absolute atomic E-state index is 0.0261. The number of ketones is 2. The number of ether oxygens (including phenoxy) is 2. The van der Waals surface area contributed by atoms with Crippen LogP contribution in [0.15, 0.2) is 23.8 Å². The molecule has 2 unspecified atom stereocenters. The van der Waals surface area contributed by atoms with Gasteiger partial charge in [-0.25, -0.2) is 4.39 Å². The molecule has 1 amide bonds. The van der Waals surface area contributed by atoms with E-state index >= 15 is 4.39 Å². The summed E-state index contributed by atoms with van der Waals surface area (Å²) in [7, 11) is 0. The van der Waals surface area contributed by atoms with Gasteiger partial charge in [-0.1, -0.05) is 25.5 Å². The third-order valence-corrected chi connectivity index (χ3v) is 11.4. The van der Waals surface area contributed by atoms with Crippen LogP contribution in [0.25, 0.3) is 0 Å². The van der Waals surface area contributed by atoms with Gasteiger partial charge < -0.3 is 19.9 Å². The Labute approximate surface area is 293 Å². The summed E-state index contributed by atoms with van der Waals surface area (Å²) in [6.45, 7) is 3.67. The van der Waals surface area contributed by atoms with Crippen LogP contribution in [0.3, 0.4) is 0 Å². The van der Waals surface area contributed by atoms with Gasteiger partial charge in [-0.3, -0.25) is 54.5 Å². The molecule has 6 N–H and O–H groups in total. The monoisotopic (exact) mass is 729 g/mol. The number of amides is 1. The van der Waals surface area contributed by atoms with Crippen molar-refractivity contribution >= 4 is 29.4 Å². The van der Waals surface area contributed by atoms with E-state index in [-0.39, 0.29) is 76.9 Å². The largest absolute Gasteiger partial charge is 0.457 e. The summed E-state index contributed by atoms with van der Waals surface area (Å²) in [6.07, 6.45) is 2.69. The third kappa shape index (κ3) is 7.93. The number of alkyl halides is 1. The lowest BCUT2D eigenvalue weighted by molar-refractivity contribution is -0.492. The molecule has 4 aliphatic carbocycles. The fourth-order valence-corrected chi connectivity index (χ4v) is 9.09. The SMILES string of the molecule is C[C@@H]1CC2C3CCC4=CC(=O)C=C[C@]4(C)[C@@]3(F)[C@@H](O)C[C@]2(C)[C@@]1(OC(=O)CCCON(O)O)C(=O)COC(=O)CCNC(=O)CCCON(O)O. The number of carbonyl (C=O) groups excluding carboxylic acids is 5. The smallest absolute Gasteiger partial charge is 0.308 e. The van der Waals surface area contributed by atoms with Crippen molar-refractivity contribution in [3.8, 4) is 0 Å². The van der Waals surface area contributed by atoms with Crippen molar-refractivity contribution in [2.45, 2.75) is 95.9 Å². The number of aliphatic hydroxyl groups excluding tert-OH is 1. The van der Waals surface area contributed by atoms with Crippen molar-refractivity contribution in [3.05, 3.63) is 23.8 Å². The number of hydrogen-bond acceptors (Lipinski definition) is 16. The van der Waals surface area contributed by atoms with Gasteiger partial charge in [0.05, 0.1) is 36.5 Å². The van der Waals surface area contributed by atoms with E-state index in [0.717, 1.165) is 0 Å². The summed E-state index contributed by atoms with van der Waals surface area (Å²) in [5.74, 6) is -5.21. The van der Waals surface area contributed by atoms with Crippen LogP contribution in [0.2, 0.25) is 0 Å². The fraction of sp³-hybridized carbons (Fsp3) is 0.727. The Hall–Kier alpha value is -3.20. The number of hydrogen-bond donors (Lipinski definition) is 6. The highest BCUT2D eigenvalue weighted by molar-refractivity contribution is 6.01. The first kappa shape index (κ1) is 40.6. The molecule has 4 aliphatic rings. The van der Waals surface area contributed by atoms with Gasteiger partial charge in [0.1, 0.15) is 0 Å². The molecule has 8 atom stereocenters. The number of halogens is 1. The van der Waals surface area contributed by atoms with E-state index in [4.69, 9.17) is 30.3 Å². The molecule has 51 heavy (non-hydrogen) atoms. The van der Waals surface area contributed by atoms with E-state index in [9.17, 15) is 29.1 Å². The van der Waals surface area contributed by atoms with Gasteiger partial charge in [0.2, 0.25) is 11.7 Å². The maximum Gasteiger partial charge on any atom is 0.308 e. The van der Waals surface area contributed by atoms with Gasteiger partial charge in [0.15, 0.2) is 23.7 Å². The average molecular weight is 730 g/mol. The van der Waals surface area contributed by atoms with Crippen molar-refractivity contribution in [1.82, 2.24) is 16.1 Å². The molecule has 0 aromatic carbocycles. The highest BCUT2D eigenvalue weighted by atomic mass is 19.1. The normalized spacial score (nSPS) is 34.0. The number of aliphatic hydroxyl groups is 1. The first-order chi connectivity index (χ1) is 23.9. The van der Waals surface area contributed by atoms with Gasteiger partial charge in [-0.2, -0.15) is 0 Å². The number of Topliss-reactive ketones (excluding diaryl/α,β-unsaturated/α-hetero) is 1. The molecule has 3 fully saturated rings. The topological polar surface area (TPSA) is 242 Å². The van der Waals surface area contributed by atoms with Crippen LogP contribution in [-0.2, 0) is 43.1 Å². The summed E-state index contributed by atoms with van der Waals surface area (Å²) in [4.78, 5) is 73.4. The summed E-state index contributed by atoms with van der Waals surface area (Å²) in [5.41, 5.74) is -6.18. The van der Waals surface area contributed by atoms with Crippen LogP contribution >= 0.6 is 0 Å². The second-order valence-corrected chi connectivity index (χ2v) is 14.2. The Kier molecular flexibility index (Phi) is 12.9. The zero-order valence-corrected chi connectivity index (χ0v) is 28.9. The number of rotatable bonds is 17. The zero-order valence-electron chi connectivity index (χ0n) is 28.9. The second kappa shape index (κ2) is 16.2. The minimum atomic E-state index is -2.21. The number of nitrogens with zero attached hydrogens (tertiary/aromatic N) is 2. The molecule has 3 saturated carbocycles. The van der Waals surface area contributed by atoms with Crippen LogP contribution in [0.4, 0.5) is 4.39 Å². The molecule has 17 nitrogen and oxygen atoms in total. The first-order valence-corrected chi connectivity index (χ1v) is 17.0.